The third-order valence-corrected chi connectivity index (χ3v) is 3.62. The lowest BCUT2D eigenvalue weighted by Gasteiger charge is -2.25. The molecule has 8 nitrogen and oxygen atoms in total. The van der Waals surface area contributed by atoms with Crippen molar-refractivity contribution in [3.8, 4) is 17.7 Å². The van der Waals surface area contributed by atoms with Crippen molar-refractivity contribution in [3.05, 3.63) is 35.0 Å². The molecule has 0 aromatic heterocycles. The number of nitriles is 1. The van der Waals surface area contributed by atoms with Crippen LogP contribution in [-0.4, -0.2) is 25.3 Å². The van der Waals surface area contributed by atoms with Gasteiger partial charge in [-0.3, -0.25) is 5.32 Å². The summed E-state index contributed by atoms with van der Waals surface area (Å²) in [7, 11) is 0. The summed E-state index contributed by atoms with van der Waals surface area (Å²) < 4.78 is 15.8. The number of benzene rings is 1. The first kappa shape index (κ1) is 15.7. The van der Waals surface area contributed by atoms with E-state index in [-0.39, 0.29) is 19.4 Å². The lowest BCUT2D eigenvalue weighted by molar-refractivity contribution is -0.138. The number of aliphatic imine (C=N–C) groups is 1. The maximum Gasteiger partial charge on any atom is 0.338 e. The van der Waals surface area contributed by atoms with Crippen molar-refractivity contribution in [2.24, 2.45) is 4.99 Å². The van der Waals surface area contributed by atoms with Crippen LogP contribution >= 0.6 is 0 Å². The molecular weight excluding hydrogens is 312 g/mol. The third-order valence-electron chi connectivity index (χ3n) is 3.62. The van der Waals surface area contributed by atoms with Crippen molar-refractivity contribution in [2.45, 2.75) is 19.9 Å². The first-order valence-electron chi connectivity index (χ1n) is 7.41. The van der Waals surface area contributed by atoms with Crippen molar-refractivity contribution < 1.29 is 19.0 Å². The highest BCUT2D eigenvalue weighted by Crippen LogP contribution is 2.38. The molecule has 0 saturated heterocycles. The summed E-state index contributed by atoms with van der Waals surface area (Å²) in [4.78, 5) is 16.8. The number of carbonyl (C=O) groups is 1. The first-order valence-corrected chi connectivity index (χ1v) is 7.41. The van der Waals surface area contributed by atoms with Gasteiger partial charge in [-0.25, -0.2) is 9.79 Å². The van der Waals surface area contributed by atoms with Crippen molar-refractivity contribution >= 4 is 11.9 Å². The van der Waals surface area contributed by atoms with Crippen LogP contribution < -0.4 is 20.1 Å². The number of hydrogen-bond acceptors (Lipinski definition) is 8. The van der Waals surface area contributed by atoms with E-state index in [0.29, 0.717) is 22.8 Å². The number of guanidine groups is 1. The number of ether oxygens (including phenoxy) is 3. The zero-order valence-corrected chi connectivity index (χ0v) is 13.3. The molecule has 2 aliphatic heterocycles. The second-order valence-electron chi connectivity index (χ2n) is 5.11. The van der Waals surface area contributed by atoms with Crippen LogP contribution in [0.25, 0.3) is 0 Å². The standard InChI is InChI=1S/C16H16N4O4/c1-3-22-15(21)13-9(2)19-16(18-7-17)20-14(13)10-4-5-11-12(6-10)24-8-23-11/h4-6,14H,3,8H2,1-2H3,(H2,18,19,20)/t14-/m1/s1. The molecule has 2 N–H and O–H groups in total. The molecule has 1 aromatic rings. The predicted molar refractivity (Wildman–Crippen MR) is 84.0 cm³/mol. The van der Waals surface area contributed by atoms with Gasteiger partial charge in [-0.15, -0.1) is 0 Å². The number of carbonyl (C=O) groups excluding carboxylic acids is 1. The number of esters is 1. The summed E-state index contributed by atoms with van der Waals surface area (Å²) in [5.74, 6) is 1.05. The molecule has 24 heavy (non-hydrogen) atoms. The smallest absolute Gasteiger partial charge is 0.338 e. The highest BCUT2D eigenvalue weighted by Gasteiger charge is 2.31. The quantitative estimate of drug-likeness (QED) is 0.490. The highest BCUT2D eigenvalue weighted by molar-refractivity contribution is 5.95. The summed E-state index contributed by atoms with van der Waals surface area (Å²) >= 11 is 0. The summed E-state index contributed by atoms with van der Waals surface area (Å²) in [6, 6.07) is 4.74. The van der Waals surface area contributed by atoms with E-state index in [1.165, 1.54) is 0 Å². The van der Waals surface area contributed by atoms with Gasteiger partial charge in [0.1, 0.15) is 6.04 Å². The number of rotatable bonds is 3. The average Bonchev–Trinajstić information content (AvgIpc) is 3.02. The Morgan fingerprint density at radius 1 is 1.50 bits per heavy atom. The fourth-order valence-corrected chi connectivity index (χ4v) is 2.59. The van der Waals surface area contributed by atoms with E-state index in [4.69, 9.17) is 19.5 Å². The van der Waals surface area contributed by atoms with Gasteiger partial charge in [-0.2, -0.15) is 5.26 Å². The minimum Gasteiger partial charge on any atom is -0.463 e. The van der Waals surface area contributed by atoms with Gasteiger partial charge in [0, 0.05) is 5.70 Å². The van der Waals surface area contributed by atoms with E-state index in [9.17, 15) is 4.79 Å². The van der Waals surface area contributed by atoms with Gasteiger partial charge in [0.05, 0.1) is 12.2 Å². The molecule has 0 spiro atoms. The van der Waals surface area contributed by atoms with E-state index in [2.05, 4.69) is 15.6 Å². The molecule has 0 bridgehead atoms. The van der Waals surface area contributed by atoms with Crippen LogP contribution in [0.2, 0.25) is 0 Å². The predicted octanol–water partition coefficient (Wildman–Crippen LogP) is 1.32. The van der Waals surface area contributed by atoms with Gasteiger partial charge in [0.25, 0.3) is 0 Å². The topological polar surface area (TPSA) is 105 Å². The van der Waals surface area contributed by atoms with E-state index in [1.807, 2.05) is 12.3 Å². The maximum atomic E-state index is 12.4. The fraction of sp³-hybridized carbons (Fsp3) is 0.312. The highest BCUT2D eigenvalue weighted by atomic mass is 16.7. The number of nitrogens with one attached hydrogen (secondary N) is 2. The molecule has 2 aliphatic rings. The van der Waals surface area contributed by atoms with Gasteiger partial charge in [-0.1, -0.05) is 6.07 Å². The Morgan fingerprint density at radius 2 is 2.29 bits per heavy atom. The van der Waals surface area contributed by atoms with Crippen LogP contribution in [0.4, 0.5) is 0 Å². The Morgan fingerprint density at radius 3 is 3.04 bits per heavy atom. The minimum absolute atomic E-state index is 0.162. The van der Waals surface area contributed by atoms with Crippen LogP contribution in [0.3, 0.4) is 0 Å². The van der Waals surface area contributed by atoms with Gasteiger partial charge in [0.2, 0.25) is 12.8 Å². The zero-order valence-electron chi connectivity index (χ0n) is 13.3. The lowest BCUT2D eigenvalue weighted by atomic mass is 9.96. The molecule has 8 heteroatoms. The molecule has 3 rings (SSSR count). The van der Waals surface area contributed by atoms with Gasteiger partial charge >= 0.3 is 5.97 Å². The van der Waals surface area contributed by atoms with E-state index in [1.54, 1.807) is 26.0 Å². The molecule has 0 fully saturated rings. The van der Waals surface area contributed by atoms with E-state index in [0.717, 1.165) is 5.56 Å². The van der Waals surface area contributed by atoms with Crippen LogP contribution in [0.5, 0.6) is 11.5 Å². The molecule has 1 atom stereocenters. The molecule has 124 valence electrons. The second kappa shape index (κ2) is 6.50. The molecule has 0 amide bonds. The Balaban J connectivity index is 2.03. The van der Waals surface area contributed by atoms with Crippen LogP contribution in [0.1, 0.15) is 25.5 Å². The Labute approximate surface area is 138 Å². The summed E-state index contributed by atoms with van der Waals surface area (Å²) in [6.45, 7) is 3.90. The van der Waals surface area contributed by atoms with Crippen molar-refractivity contribution in [3.63, 3.8) is 0 Å². The fourth-order valence-electron chi connectivity index (χ4n) is 2.59. The Kier molecular flexibility index (Phi) is 4.24. The first-order chi connectivity index (χ1) is 11.6. The molecule has 0 unspecified atom stereocenters. The van der Waals surface area contributed by atoms with Gasteiger partial charge in [-0.05, 0) is 31.5 Å². The Hall–Kier alpha value is -3.21. The maximum absolute atomic E-state index is 12.4. The average molecular weight is 328 g/mol. The lowest BCUT2D eigenvalue weighted by Crippen LogP contribution is -2.39. The van der Waals surface area contributed by atoms with E-state index >= 15 is 0 Å². The van der Waals surface area contributed by atoms with E-state index < -0.39 is 12.0 Å². The summed E-state index contributed by atoms with van der Waals surface area (Å²) in [5, 5.41) is 14.2. The number of allylic oxidation sites excluding steroid dienone is 1. The second-order valence-corrected chi connectivity index (χ2v) is 5.11. The molecule has 1 aromatic carbocycles. The van der Waals surface area contributed by atoms with Gasteiger partial charge in [0.15, 0.2) is 17.7 Å². The number of hydrogen-bond donors (Lipinski definition) is 2. The monoisotopic (exact) mass is 328 g/mol. The largest absolute Gasteiger partial charge is 0.463 e. The minimum atomic E-state index is -0.615. The summed E-state index contributed by atoms with van der Waals surface area (Å²) in [6.07, 6.45) is 1.81. The number of nitrogens with zero attached hydrogens (tertiary/aromatic N) is 2. The molecule has 0 aliphatic carbocycles. The molecule has 0 saturated carbocycles. The van der Waals surface area contributed by atoms with Crippen LogP contribution in [0.15, 0.2) is 34.5 Å². The molecular formula is C16H16N4O4. The third kappa shape index (κ3) is 2.84. The van der Waals surface area contributed by atoms with Crippen LogP contribution in [0, 0.1) is 11.5 Å². The van der Waals surface area contributed by atoms with Crippen molar-refractivity contribution in [1.29, 1.82) is 5.26 Å². The normalized spacial score (nSPS) is 18.4. The van der Waals surface area contributed by atoms with Gasteiger partial charge < -0.3 is 19.5 Å². The molecule has 0 radical (unpaired) electrons. The number of fused-ring (bicyclic) bond motifs is 1. The SMILES string of the molecule is CCOC(=O)C1=C(C)NC(NC#N)=N[C@@H]1c1ccc2c(c1)OCO2. The van der Waals surface area contributed by atoms with Crippen molar-refractivity contribution in [1.82, 2.24) is 10.6 Å². The van der Waals surface area contributed by atoms with Crippen LogP contribution in [-0.2, 0) is 9.53 Å². The molecule has 2 heterocycles. The van der Waals surface area contributed by atoms with Crippen molar-refractivity contribution in [2.75, 3.05) is 13.4 Å². The summed E-state index contributed by atoms with van der Waals surface area (Å²) in [5.41, 5.74) is 1.70. The zero-order chi connectivity index (χ0) is 17.1. The Bertz CT molecular complexity index is 779.